The average Bonchev–Trinajstić information content (AvgIpc) is 2.88. The SMILES string of the molecule is COc1ccccc1N1CCN(Cc2ccc(Cn3c(=O)oc4ccccc4c3=O)cc2)CC1. The molecule has 0 radical (unpaired) electrons. The van der Waals surface area contributed by atoms with Crippen LogP contribution in [0.3, 0.4) is 0 Å². The van der Waals surface area contributed by atoms with Crippen molar-refractivity contribution in [1.82, 2.24) is 9.47 Å². The number of fused-ring (bicyclic) bond motifs is 1. The van der Waals surface area contributed by atoms with E-state index < -0.39 is 5.76 Å². The summed E-state index contributed by atoms with van der Waals surface area (Å²) in [7, 11) is 1.71. The van der Waals surface area contributed by atoms with E-state index in [4.69, 9.17) is 9.15 Å². The predicted molar refractivity (Wildman–Crippen MR) is 133 cm³/mol. The van der Waals surface area contributed by atoms with Crippen molar-refractivity contribution < 1.29 is 9.15 Å². The zero-order chi connectivity index (χ0) is 23.5. The van der Waals surface area contributed by atoms with E-state index in [2.05, 4.69) is 28.0 Å². The molecule has 1 fully saturated rings. The smallest absolute Gasteiger partial charge is 0.422 e. The minimum atomic E-state index is -0.638. The first-order valence-corrected chi connectivity index (χ1v) is 11.4. The number of hydrogen-bond donors (Lipinski definition) is 0. The molecule has 0 unspecified atom stereocenters. The lowest BCUT2D eigenvalue weighted by Crippen LogP contribution is -2.46. The normalized spacial score (nSPS) is 14.4. The number of anilines is 1. The van der Waals surface area contributed by atoms with Crippen LogP contribution in [0.5, 0.6) is 5.75 Å². The van der Waals surface area contributed by atoms with Crippen LogP contribution in [-0.4, -0.2) is 42.8 Å². The summed E-state index contributed by atoms with van der Waals surface area (Å²) >= 11 is 0. The number of methoxy groups -OCH3 is 1. The van der Waals surface area contributed by atoms with E-state index in [9.17, 15) is 9.59 Å². The molecular weight excluding hydrogens is 430 g/mol. The standard InChI is InChI=1S/C27H27N3O4/c1-33-25-9-5-3-7-23(25)29-16-14-28(15-17-29)18-20-10-12-21(13-11-20)19-30-26(31)22-6-2-4-8-24(22)34-27(30)32/h2-13H,14-19H2,1H3. The molecule has 0 atom stereocenters. The number of rotatable bonds is 6. The van der Waals surface area contributed by atoms with Crippen LogP contribution in [0.4, 0.5) is 5.69 Å². The molecule has 34 heavy (non-hydrogen) atoms. The van der Waals surface area contributed by atoms with Gasteiger partial charge in [-0.25, -0.2) is 9.36 Å². The first-order valence-electron chi connectivity index (χ1n) is 11.4. The van der Waals surface area contributed by atoms with Crippen LogP contribution < -0.4 is 21.0 Å². The maximum Gasteiger partial charge on any atom is 0.422 e. The molecular formula is C27H27N3O4. The third kappa shape index (κ3) is 4.47. The van der Waals surface area contributed by atoms with Crippen molar-refractivity contribution in [1.29, 1.82) is 0 Å². The number of aromatic nitrogens is 1. The Kier molecular flexibility index (Phi) is 6.18. The largest absolute Gasteiger partial charge is 0.495 e. The van der Waals surface area contributed by atoms with Gasteiger partial charge in [0.25, 0.3) is 5.56 Å². The lowest BCUT2D eigenvalue weighted by molar-refractivity contribution is 0.249. The summed E-state index contributed by atoms with van der Waals surface area (Å²) in [6.07, 6.45) is 0. The summed E-state index contributed by atoms with van der Waals surface area (Å²) in [5.41, 5.74) is 3.21. The third-order valence-corrected chi connectivity index (χ3v) is 6.35. The number of ether oxygens (including phenoxy) is 1. The number of nitrogens with zero attached hydrogens (tertiary/aromatic N) is 3. The number of hydrogen-bond acceptors (Lipinski definition) is 6. The highest BCUT2D eigenvalue weighted by molar-refractivity contribution is 5.74. The molecule has 1 aromatic heterocycles. The highest BCUT2D eigenvalue weighted by Gasteiger charge is 2.19. The summed E-state index contributed by atoms with van der Waals surface area (Å²) < 4.78 is 12.0. The number of piperazine rings is 1. The van der Waals surface area contributed by atoms with Gasteiger partial charge < -0.3 is 14.1 Å². The number of para-hydroxylation sites is 3. The topological polar surface area (TPSA) is 67.9 Å². The van der Waals surface area contributed by atoms with Crippen molar-refractivity contribution in [3.63, 3.8) is 0 Å². The van der Waals surface area contributed by atoms with Gasteiger partial charge >= 0.3 is 5.76 Å². The Hall–Kier alpha value is -3.84. The van der Waals surface area contributed by atoms with Crippen molar-refractivity contribution in [2.75, 3.05) is 38.2 Å². The Balaban J connectivity index is 1.22. The van der Waals surface area contributed by atoms with Crippen LogP contribution in [0, 0.1) is 0 Å². The molecule has 1 aliphatic rings. The van der Waals surface area contributed by atoms with Gasteiger partial charge in [0.1, 0.15) is 11.3 Å². The summed E-state index contributed by atoms with van der Waals surface area (Å²) in [5, 5.41) is 0.408. The highest BCUT2D eigenvalue weighted by Crippen LogP contribution is 2.28. The Morgan fingerprint density at radius 1 is 0.794 bits per heavy atom. The van der Waals surface area contributed by atoms with Crippen LogP contribution in [0.1, 0.15) is 11.1 Å². The Morgan fingerprint density at radius 3 is 2.18 bits per heavy atom. The molecule has 5 rings (SSSR count). The second kappa shape index (κ2) is 9.57. The van der Waals surface area contributed by atoms with Gasteiger partial charge in [-0.1, -0.05) is 48.5 Å². The van der Waals surface area contributed by atoms with E-state index in [1.165, 1.54) is 5.56 Å². The summed E-state index contributed by atoms with van der Waals surface area (Å²) in [5.74, 6) is 0.270. The molecule has 7 nitrogen and oxygen atoms in total. The van der Waals surface area contributed by atoms with E-state index in [1.807, 2.05) is 30.3 Å². The summed E-state index contributed by atoms with van der Waals surface area (Å²) in [6.45, 7) is 4.86. The Labute approximate surface area is 197 Å². The predicted octanol–water partition coefficient (Wildman–Crippen LogP) is 3.33. The van der Waals surface area contributed by atoms with E-state index in [-0.39, 0.29) is 12.1 Å². The molecule has 0 bridgehead atoms. The molecule has 174 valence electrons. The number of benzene rings is 3. The molecule has 1 aliphatic heterocycles. The van der Waals surface area contributed by atoms with E-state index in [1.54, 1.807) is 31.4 Å². The van der Waals surface area contributed by atoms with Crippen LogP contribution in [0.25, 0.3) is 11.0 Å². The fourth-order valence-corrected chi connectivity index (χ4v) is 4.47. The fourth-order valence-electron chi connectivity index (χ4n) is 4.47. The van der Waals surface area contributed by atoms with Crippen LogP contribution >= 0.6 is 0 Å². The van der Waals surface area contributed by atoms with E-state index in [0.29, 0.717) is 11.0 Å². The second-order valence-electron chi connectivity index (χ2n) is 8.51. The second-order valence-corrected chi connectivity index (χ2v) is 8.51. The first-order chi connectivity index (χ1) is 16.6. The molecule has 0 amide bonds. The average molecular weight is 458 g/mol. The molecule has 0 spiro atoms. The molecule has 3 aromatic carbocycles. The monoisotopic (exact) mass is 457 g/mol. The van der Waals surface area contributed by atoms with Crippen molar-refractivity contribution in [2.24, 2.45) is 0 Å². The maximum absolute atomic E-state index is 12.7. The van der Waals surface area contributed by atoms with Gasteiger partial charge in [0, 0.05) is 32.7 Å². The zero-order valence-corrected chi connectivity index (χ0v) is 19.1. The molecule has 1 saturated heterocycles. The van der Waals surface area contributed by atoms with Gasteiger partial charge in [-0.05, 0) is 35.4 Å². The highest BCUT2D eigenvalue weighted by atomic mass is 16.5. The minimum Gasteiger partial charge on any atom is -0.495 e. The van der Waals surface area contributed by atoms with Gasteiger partial charge in [0.05, 0.1) is 24.7 Å². The van der Waals surface area contributed by atoms with Crippen LogP contribution in [-0.2, 0) is 13.1 Å². The van der Waals surface area contributed by atoms with Gasteiger partial charge in [-0.3, -0.25) is 9.69 Å². The van der Waals surface area contributed by atoms with Gasteiger partial charge in [-0.15, -0.1) is 0 Å². The quantitative estimate of drug-likeness (QED) is 0.443. The minimum absolute atomic E-state index is 0.184. The van der Waals surface area contributed by atoms with Gasteiger partial charge in [0.15, 0.2) is 0 Å². The molecule has 7 heteroatoms. The van der Waals surface area contributed by atoms with Crippen LogP contribution in [0.15, 0.2) is 86.8 Å². The van der Waals surface area contributed by atoms with Crippen molar-refractivity contribution in [3.05, 3.63) is 105 Å². The fraction of sp³-hybridized carbons (Fsp3) is 0.259. The third-order valence-electron chi connectivity index (χ3n) is 6.35. The first kappa shape index (κ1) is 22.0. The molecule has 0 saturated carbocycles. The van der Waals surface area contributed by atoms with Crippen LogP contribution in [0.2, 0.25) is 0 Å². The maximum atomic E-state index is 12.7. The lowest BCUT2D eigenvalue weighted by atomic mass is 10.1. The van der Waals surface area contributed by atoms with E-state index in [0.717, 1.165) is 54.3 Å². The molecule has 2 heterocycles. The Bertz CT molecular complexity index is 1400. The van der Waals surface area contributed by atoms with Gasteiger partial charge in [-0.2, -0.15) is 0 Å². The van der Waals surface area contributed by atoms with E-state index >= 15 is 0 Å². The molecule has 0 N–H and O–H groups in total. The summed E-state index contributed by atoms with van der Waals surface area (Å²) in [6, 6.07) is 23.0. The van der Waals surface area contributed by atoms with Crippen molar-refractivity contribution in [2.45, 2.75) is 13.1 Å². The zero-order valence-electron chi connectivity index (χ0n) is 19.1. The van der Waals surface area contributed by atoms with Gasteiger partial charge in [0.2, 0.25) is 0 Å². The molecule has 4 aromatic rings. The lowest BCUT2D eigenvalue weighted by Gasteiger charge is -2.36. The molecule has 0 aliphatic carbocycles. The summed E-state index contributed by atoms with van der Waals surface area (Å²) in [4.78, 5) is 29.9. The van der Waals surface area contributed by atoms with Crippen molar-refractivity contribution in [3.8, 4) is 5.75 Å². The Morgan fingerprint density at radius 2 is 1.44 bits per heavy atom. The van der Waals surface area contributed by atoms with Crippen molar-refractivity contribution >= 4 is 16.7 Å².